The number of carbonyl (C=O) groups excluding carboxylic acids is 3. The van der Waals surface area contributed by atoms with Gasteiger partial charge in [-0.25, -0.2) is 5.43 Å². The summed E-state index contributed by atoms with van der Waals surface area (Å²) in [6.45, 7) is 10.6. The van der Waals surface area contributed by atoms with Crippen molar-refractivity contribution in [3.8, 4) is 6.07 Å². The molecule has 1 aliphatic heterocycles. The molecule has 1 aromatic rings. The van der Waals surface area contributed by atoms with Crippen LogP contribution in [0.25, 0.3) is 0 Å². The van der Waals surface area contributed by atoms with Crippen LogP contribution in [-0.4, -0.2) is 67.7 Å². The number of aryl methyl sites for hydroxylation is 1. The largest absolute Gasteiger partial charge is 0.366 e. The first-order chi connectivity index (χ1) is 22.1. The van der Waals surface area contributed by atoms with E-state index >= 15 is 0 Å². The van der Waals surface area contributed by atoms with Crippen LogP contribution in [0.4, 0.5) is 0 Å². The lowest BCUT2D eigenvalue weighted by molar-refractivity contribution is -0.130. The zero-order valence-corrected chi connectivity index (χ0v) is 28.5. The quantitative estimate of drug-likeness (QED) is 0.0771. The van der Waals surface area contributed by atoms with E-state index in [2.05, 4.69) is 36.1 Å². The summed E-state index contributed by atoms with van der Waals surface area (Å²) in [7, 11) is 3.48. The fourth-order valence-corrected chi connectivity index (χ4v) is 6.42. The molecule has 0 aromatic heterocycles. The molecule has 0 bridgehead atoms. The van der Waals surface area contributed by atoms with Gasteiger partial charge in [0.1, 0.15) is 11.9 Å². The van der Waals surface area contributed by atoms with Crippen molar-refractivity contribution in [2.24, 2.45) is 16.5 Å². The third-order valence-corrected chi connectivity index (χ3v) is 8.74. The Morgan fingerprint density at radius 3 is 2.52 bits per heavy atom. The number of aliphatic imine (C=N–C) groups is 1. The number of hydrazine groups is 1. The van der Waals surface area contributed by atoms with E-state index in [-0.39, 0.29) is 18.5 Å². The van der Waals surface area contributed by atoms with Gasteiger partial charge in [0.25, 0.3) is 0 Å². The molecule has 0 spiro atoms. The minimum atomic E-state index is -0.892. The molecule has 0 saturated carbocycles. The number of likely N-dealkylation sites (tertiary alicyclic amines) is 1. The minimum absolute atomic E-state index is 0.0938. The van der Waals surface area contributed by atoms with Gasteiger partial charge >= 0.3 is 0 Å². The number of nitrogens with two attached hydrogens (primary N) is 2. The number of nitrogens with one attached hydrogen (secondary N) is 3. The number of amides is 3. The zero-order chi connectivity index (χ0) is 34.4. The highest BCUT2D eigenvalue weighted by Crippen LogP contribution is 2.46. The number of hydrogen-bond donors (Lipinski definition) is 5. The highest BCUT2D eigenvalue weighted by atomic mass is 16.2. The van der Waals surface area contributed by atoms with E-state index < -0.39 is 23.3 Å². The lowest BCUT2D eigenvalue weighted by atomic mass is 9.66. The van der Waals surface area contributed by atoms with Gasteiger partial charge in [-0.15, -0.1) is 0 Å². The molecule has 250 valence electrons. The Labute approximate surface area is 274 Å². The summed E-state index contributed by atoms with van der Waals surface area (Å²) in [5.41, 5.74) is 21.5. The molecule has 46 heavy (non-hydrogen) atoms. The Morgan fingerprint density at radius 2 is 1.96 bits per heavy atom. The number of carbonyl (C=O) groups is 3. The average molecular weight is 633 g/mol. The number of allylic oxidation sites excluding steroid dienone is 3. The summed E-state index contributed by atoms with van der Waals surface area (Å²) in [5.74, 6) is -0.508. The maximum absolute atomic E-state index is 13.2. The number of rotatable bonds is 12. The average Bonchev–Trinajstić information content (AvgIpc) is 3.51. The highest BCUT2D eigenvalue weighted by Gasteiger charge is 2.45. The first-order valence-corrected chi connectivity index (χ1v) is 16.2. The molecule has 0 radical (unpaired) electrons. The second kappa shape index (κ2) is 18.0. The van der Waals surface area contributed by atoms with Crippen molar-refractivity contribution in [1.82, 2.24) is 21.1 Å². The lowest BCUT2D eigenvalue weighted by Gasteiger charge is -2.41. The number of benzene rings is 1. The first-order valence-electron chi connectivity index (χ1n) is 16.2. The van der Waals surface area contributed by atoms with Gasteiger partial charge in [0, 0.05) is 37.8 Å². The predicted octanol–water partition coefficient (Wildman–Crippen LogP) is 3.33. The Kier molecular flexibility index (Phi) is 14.9. The van der Waals surface area contributed by atoms with Crippen LogP contribution in [0.15, 0.2) is 58.1 Å². The summed E-state index contributed by atoms with van der Waals surface area (Å²) >= 11 is 0. The highest BCUT2D eigenvalue weighted by molar-refractivity contribution is 5.99. The van der Waals surface area contributed by atoms with Gasteiger partial charge in [-0.2, -0.15) is 5.26 Å². The van der Waals surface area contributed by atoms with Crippen molar-refractivity contribution in [3.63, 3.8) is 0 Å². The summed E-state index contributed by atoms with van der Waals surface area (Å²) in [6, 6.07) is 7.22. The summed E-state index contributed by atoms with van der Waals surface area (Å²) in [6.07, 6.45) is 9.40. The second-order valence-electron chi connectivity index (χ2n) is 11.3. The summed E-state index contributed by atoms with van der Waals surface area (Å²) in [4.78, 5) is 44.0. The third kappa shape index (κ3) is 8.50. The Bertz CT molecular complexity index is 1420. The standard InChI is InChI=1S/C33H46N8O3.C2H6/c1-6-22(30(35)43)12-14-27-21(3)10-11-23-17-24(31(36)44)13-15-28(23)33(27,32(37-4)40-38-5)18-25(7-2)39-20-29(42)41-16-8-9-26(41)19-34;1-2/h6,12-15,17,25-26,38-39H,7-11,16,18,20H2,1-5H3,(H2,35,43)(H2,36,44)(H,37,40);1-2H3/b14-12-,22-6+;. The Morgan fingerprint density at radius 1 is 1.24 bits per heavy atom. The van der Waals surface area contributed by atoms with Crippen molar-refractivity contribution >= 4 is 23.6 Å². The van der Waals surface area contributed by atoms with Gasteiger partial charge in [-0.1, -0.05) is 44.6 Å². The van der Waals surface area contributed by atoms with E-state index in [0.717, 1.165) is 28.7 Å². The number of hydrogen-bond acceptors (Lipinski definition) is 7. The molecule has 3 unspecified atom stereocenters. The summed E-state index contributed by atoms with van der Waals surface area (Å²) < 4.78 is 0. The van der Waals surface area contributed by atoms with E-state index in [1.807, 2.05) is 32.1 Å². The van der Waals surface area contributed by atoms with Crippen LogP contribution < -0.4 is 27.6 Å². The SMILES string of the molecule is C/C=C(\C=C/C1=C(C)CCc2cc(C(N)=O)ccc2C1(CC(CC)NCC(=O)N1CCCC1C#N)C(=NC)NNC)C(N)=O.CC. The molecule has 2 aliphatic rings. The molecule has 1 heterocycles. The minimum Gasteiger partial charge on any atom is -0.366 e. The van der Waals surface area contributed by atoms with Crippen LogP contribution in [0.2, 0.25) is 0 Å². The molecule has 3 atom stereocenters. The van der Waals surface area contributed by atoms with Crippen molar-refractivity contribution in [2.45, 2.75) is 90.6 Å². The normalized spacial score (nSPS) is 20.7. The molecule has 1 aromatic carbocycles. The van der Waals surface area contributed by atoms with Crippen molar-refractivity contribution in [3.05, 3.63) is 69.8 Å². The number of nitriles is 1. The Hall–Kier alpha value is -4.27. The predicted molar refractivity (Wildman–Crippen MR) is 184 cm³/mol. The molecule has 3 amide bonds. The van der Waals surface area contributed by atoms with Crippen LogP contribution in [0.3, 0.4) is 0 Å². The van der Waals surface area contributed by atoms with Crippen LogP contribution in [-0.2, 0) is 21.4 Å². The van der Waals surface area contributed by atoms with E-state index in [0.29, 0.717) is 55.6 Å². The lowest BCUT2D eigenvalue weighted by Crippen LogP contribution is -2.53. The van der Waals surface area contributed by atoms with Crippen LogP contribution in [0.5, 0.6) is 0 Å². The van der Waals surface area contributed by atoms with E-state index in [1.165, 1.54) is 0 Å². The molecule has 1 saturated heterocycles. The maximum atomic E-state index is 13.2. The van der Waals surface area contributed by atoms with Crippen molar-refractivity contribution < 1.29 is 14.4 Å². The van der Waals surface area contributed by atoms with Gasteiger partial charge in [0.05, 0.1) is 18.0 Å². The smallest absolute Gasteiger partial charge is 0.248 e. The topological polar surface area (TPSA) is 179 Å². The van der Waals surface area contributed by atoms with E-state index in [9.17, 15) is 19.6 Å². The number of amidine groups is 1. The zero-order valence-electron chi connectivity index (χ0n) is 28.5. The van der Waals surface area contributed by atoms with E-state index in [4.69, 9.17) is 16.5 Å². The second-order valence-corrected chi connectivity index (χ2v) is 11.3. The molecular weight excluding hydrogens is 580 g/mol. The van der Waals surface area contributed by atoms with Gasteiger partial charge in [-0.3, -0.25) is 19.4 Å². The molecule has 7 N–H and O–H groups in total. The van der Waals surface area contributed by atoms with E-state index in [1.54, 1.807) is 44.1 Å². The number of fused-ring (bicyclic) bond motifs is 1. The number of nitrogens with zero attached hydrogens (tertiary/aromatic N) is 3. The van der Waals surface area contributed by atoms with Gasteiger partial charge in [0.15, 0.2) is 0 Å². The molecular formula is C35H52N8O3. The third-order valence-electron chi connectivity index (χ3n) is 8.74. The summed E-state index contributed by atoms with van der Waals surface area (Å²) in [5, 5.41) is 13.0. The molecule has 3 rings (SSSR count). The molecule has 11 heteroatoms. The van der Waals surface area contributed by atoms with Crippen LogP contribution >= 0.6 is 0 Å². The molecule has 1 aliphatic carbocycles. The fourth-order valence-electron chi connectivity index (χ4n) is 6.42. The van der Waals surface area contributed by atoms with Crippen molar-refractivity contribution in [2.75, 3.05) is 27.2 Å². The maximum Gasteiger partial charge on any atom is 0.248 e. The van der Waals surface area contributed by atoms with Gasteiger partial charge < -0.3 is 27.1 Å². The molecule has 11 nitrogen and oxygen atoms in total. The van der Waals surface area contributed by atoms with Gasteiger partial charge in [0.2, 0.25) is 17.7 Å². The van der Waals surface area contributed by atoms with Crippen LogP contribution in [0.1, 0.15) is 88.2 Å². The number of primary amides is 2. The fraction of sp³-hybridized carbons (Fsp3) is 0.514. The molecule has 1 fully saturated rings. The van der Waals surface area contributed by atoms with Crippen molar-refractivity contribution in [1.29, 1.82) is 5.26 Å². The first kappa shape index (κ1) is 37.9. The Balaban J connectivity index is 0.00000361. The monoisotopic (exact) mass is 632 g/mol. The van der Waals surface area contributed by atoms with Gasteiger partial charge in [-0.05, 0) is 87.3 Å². The van der Waals surface area contributed by atoms with Crippen LogP contribution in [0, 0.1) is 11.3 Å².